The zero-order chi connectivity index (χ0) is 19.3. The fraction of sp³-hybridized carbons (Fsp3) is 0.211. The number of thioether (sulfide) groups is 1. The first kappa shape index (κ1) is 18.2. The highest BCUT2D eigenvalue weighted by atomic mass is 32.2. The number of ether oxygens (including phenoxy) is 3. The van der Waals surface area contributed by atoms with Gasteiger partial charge < -0.3 is 23.9 Å². The molecule has 144 valence electrons. The highest BCUT2D eigenvalue weighted by Gasteiger charge is 2.17. The molecule has 9 heteroatoms. The number of benzene rings is 2. The maximum Gasteiger partial charge on any atom is 0.277 e. The first-order chi connectivity index (χ1) is 13.7. The molecule has 1 amide bonds. The summed E-state index contributed by atoms with van der Waals surface area (Å²) in [4.78, 5) is 12.1. The Bertz CT molecular complexity index is 974. The van der Waals surface area contributed by atoms with E-state index in [0.717, 1.165) is 11.3 Å². The van der Waals surface area contributed by atoms with Crippen LogP contribution in [0.15, 0.2) is 52.1 Å². The number of carbonyl (C=O) groups excluding carboxylic acids is 1. The number of carbonyl (C=O) groups is 1. The summed E-state index contributed by atoms with van der Waals surface area (Å²) in [5.41, 5.74) is 1.42. The minimum absolute atomic E-state index is 0.149. The lowest BCUT2D eigenvalue weighted by Crippen LogP contribution is -2.13. The van der Waals surface area contributed by atoms with Gasteiger partial charge in [-0.2, -0.15) is 0 Å². The summed E-state index contributed by atoms with van der Waals surface area (Å²) in [6.45, 7) is 2.72. The van der Waals surface area contributed by atoms with Crippen LogP contribution in [-0.4, -0.2) is 35.3 Å². The number of nitrogens with zero attached hydrogens (tertiary/aromatic N) is 2. The SMILES string of the molecule is CCOc1ccc(NC(=O)CSc2nnc(-c3ccc4c(c3)OCO4)o2)cc1. The fourth-order valence-corrected chi connectivity index (χ4v) is 3.10. The lowest BCUT2D eigenvalue weighted by Gasteiger charge is -2.06. The second-order valence-corrected chi connectivity index (χ2v) is 6.66. The highest BCUT2D eigenvalue weighted by molar-refractivity contribution is 7.99. The van der Waals surface area contributed by atoms with Gasteiger partial charge in [0.05, 0.1) is 12.4 Å². The summed E-state index contributed by atoms with van der Waals surface area (Å²) in [6.07, 6.45) is 0. The number of nitrogens with one attached hydrogen (secondary N) is 1. The molecule has 2 heterocycles. The molecule has 1 aromatic heterocycles. The summed E-state index contributed by atoms with van der Waals surface area (Å²) < 4.78 is 21.6. The number of amides is 1. The molecule has 0 aliphatic carbocycles. The van der Waals surface area contributed by atoms with E-state index in [-0.39, 0.29) is 18.5 Å². The van der Waals surface area contributed by atoms with Gasteiger partial charge in [0.1, 0.15) is 5.75 Å². The molecule has 0 saturated heterocycles. The quantitative estimate of drug-likeness (QED) is 0.602. The van der Waals surface area contributed by atoms with Crippen molar-refractivity contribution in [3.63, 3.8) is 0 Å². The van der Waals surface area contributed by atoms with Crippen LogP contribution in [0.5, 0.6) is 17.2 Å². The van der Waals surface area contributed by atoms with Crippen LogP contribution in [0.2, 0.25) is 0 Å². The number of aromatic nitrogens is 2. The largest absolute Gasteiger partial charge is 0.494 e. The van der Waals surface area contributed by atoms with Gasteiger partial charge in [0.15, 0.2) is 11.5 Å². The molecule has 3 aromatic rings. The molecule has 4 rings (SSSR count). The monoisotopic (exact) mass is 399 g/mol. The topological polar surface area (TPSA) is 95.7 Å². The molecular weight excluding hydrogens is 382 g/mol. The van der Waals surface area contributed by atoms with E-state index in [2.05, 4.69) is 15.5 Å². The van der Waals surface area contributed by atoms with Gasteiger partial charge >= 0.3 is 0 Å². The van der Waals surface area contributed by atoms with Crippen molar-refractivity contribution in [3.05, 3.63) is 42.5 Å². The first-order valence-electron chi connectivity index (χ1n) is 8.60. The molecule has 0 saturated carbocycles. The Labute approximate surface area is 165 Å². The molecule has 1 N–H and O–H groups in total. The predicted octanol–water partition coefficient (Wildman–Crippen LogP) is 3.59. The molecule has 8 nitrogen and oxygen atoms in total. The number of fused-ring (bicyclic) bond motifs is 1. The molecule has 0 fully saturated rings. The molecule has 0 bridgehead atoms. The van der Waals surface area contributed by atoms with Gasteiger partial charge in [-0.25, -0.2) is 0 Å². The molecule has 2 aromatic carbocycles. The van der Waals surface area contributed by atoms with Gasteiger partial charge in [-0.1, -0.05) is 11.8 Å². The molecule has 0 unspecified atom stereocenters. The van der Waals surface area contributed by atoms with Crippen molar-refractivity contribution in [3.8, 4) is 28.7 Å². The zero-order valence-corrected chi connectivity index (χ0v) is 15.8. The van der Waals surface area contributed by atoms with Crippen LogP contribution in [0.3, 0.4) is 0 Å². The Morgan fingerprint density at radius 2 is 1.96 bits per heavy atom. The van der Waals surface area contributed by atoms with Crippen molar-refractivity contribution >= 4 is 23.4 Å². The second kappa shape index (κ2) is 8.22. The van der Waals surface area contributed by atoms with Crippen molar-refractivity contribution in [1.29, 1.82) is 0 Å². The normalized spacial score (nSPS) is 12.0. The van der Waals surface area contributed by atoms with E-state index in [0.29, 0.717) is 34.9 Å². The van der Waals surface area contributed by atoms with E-state index in [1.54, 1.807) is 24.3 Å². The molecule has 1 aliphatic heterocycles. The van der Waals surface area contributed by atoms with Gasteiger partial charge in [-0.05, 0) is 49.4 Å². The summed E-state index contributed by atoms with van der Waals surface area (Å²) in [5, 5.41) is 11.1. The Morgan fingerprint density at radius 1 is 1.14 bits per heavy atom. The third-order valence-electron chi connectivity index (χ3n) is 3.80. The summed E-state index contributed by atoms with van der Waals surface area (Å²) >= 11 is 1.17. The molecule has 0 radical (unpaired) electrons. The van der Waals surface area contributed by atoms with Crippen LogP contribution < -0.4 is 19.5 Å². The highest BCUT2D eigenvalue weighted by Crippen LogP contribution is 2.36. The maximum atomic E-state index is 12.1. The zero-order valence-electron chi connectivity index (χ0n) is 15.0. The van der Waals surface area contributed by atoms with E-state index in [1.165, 1.54) is 11.8 Å². The summed E-state index contributed by atoms with van der Waals surface area (Å²) in [5.74, 6) is 2.42. The van der Waals surface area contributed by atoms with Gasteiger partial charge in [0.25, 0.3) is 5.22 Å². The standard InChI is InChI=1S/C19H17N3O5S/c1-2-24-14-6-4-13(5-7-14)20-17(23)10-28-19-22-21-18(27-19)12-3-8-15-16(9-12)26-11-25-15/h3-9H,2,10-11H2,1H3,(H,20,23). The van der Waals surface area contributed by atoms with Crippen molar-refractivity contribution < 1.29 is 23.4 Å². The van der Waals surface area contributed by atoms with Crippen LogP contribution in [0.25, 0.3) is 11.5 Å². The van der Waals surface area contributed by atoms with E-state index in [9.17, 15) is 4.79 Å². The van der Waals surface area contributed by atoms with Gasteiger partial charge in [0, 0.05) is 11.3 Å². The van der Waals surface area contributed by atoms with Gasteiger partial charge in [0.2, 0.25) is 18.6 Å². The Hall–Kier alpha value is -3.20. The number of hydrogen-bond donors (Lipinski definition) is 1. The molecule has 28 heavy (non-hydrogen) atoms. The number of anilines is 1. The van der Waals surface area contributed by atoms with Crippen LogP contribution >= 0.6 is 11.8 Å². The van der Waals surface area contributed by atoms with Gasteiger partial charge in [-0.15, -0.1) is 10.2 Å². The second-order valence-electron chi connectivity index (χ2n) is 5.74. The lowest BCUT2D eigenvalue weighted by molar-refractivity contribution is -0.113. The number of rotatable bonds is 7. The smallest absolute Gasteiger partial charge is 0.277 e. The maximum absolute atomic E-state index is 12.1. The van der Waals surface area contributed by atoms with Crippen LogP contribution in [0.1, 0.15) is 6.92 Å². The van der Waals surface area contributed by atoms with Gasteiger partial charge in [-0.3, -0.25) is 4.79 Å². The van der Waals surface area contributed by atoms with E-state index >= 15 is 0 Å². The first-order valence-corrected chi connectivity index (χ1v) is 9.59. The predicted molar refractivity (Wildman–Crippen MR) is 103 cm³/mol. The van der Waals surface area contributed by atoms with E-state index in [4.69, 9.17) is 18.6 Å². The molecule has 0 atom stereocenters. The van der Waals surface area contributed by atoms with E-state index in [1.807, 2.05) is 25.1 Å². The summed E-state index contributed by atoms with van der Waals surface area (Å²) in [7, 11) is 0. The van der Waals surface area contributed by atoms with Crippen LogP contribution in [0, 0.1) is 0 Å². The Balaban J connectivity index is 1.32. The van der Waals surface area contributed by atoms with Crippen molar-refractivity contribution in [2.45, 2.75) is 12.1 Å². The Kier molecular flexibility index (Phi) is 5.34. The minimum atomic E-state index is -0.169. The third-order valence-corrected chi connectivity index (χ3v) is 4.62. The average molecular weight is 399 g/mol. The lowest BCUT2D eigenvalue weighted by atomic mass is 10.2. The molecule has 0 spiro atoms. The summed E-state index contributed by atoms with van der Waals surface area (Å²) in [6, 6.07) is 12.6. The average Bonchev–Trinajstić information content (AvgIpc) is 3.37. The van der Waals surface area contributed by atoms with Crippen molar-refractivity contribution in [2.24, 2.45) is 0 Å². The molecular formula is C19H17N3O5S. The van der Waals surface area contributed by atoms with Crippen molar-refractivity contribution in [1.82, 2.24) is 10.2 Å². The molecule has 1 aliphatic rings. The Morgan fingerprint density at radius 3 is 2.79 bits per heavy atom. The van der Waals surface area contributed by atoms with E-state index < -0.39 is 0 Å². The fourth-order valence-electron chi connectivity index (χ4n) is 2.54. The number of hydrogen-bond acceptors (Lipinski definition) is 8. The minimum Gasteiger partial charge on any atom is -0.494 e. The third kappa shape index (κ3) is 4.20. The van der Waals surface area contributed by atoms with Crippen molar-refractivity contribution in [2.75, 3.05) is 24.5 Å². The van der Waals surface area contributed by atoms with Crippen LogP contribution in [-0.2, 0) is 4.79 Å². The van der Waals surface area contributed by atoms with Crippen LogP contribution in [0.4, 0.5) is 5.69 Å².